The molecule has 3 aromatic rings. The zero-order valence-corrected chi connectivity index (χ0v) is 13.4. The monoisotopic (exact) mass is 346 g/mol. The molecule has 0 unspecified atom stereocenters. The van der Waals surface area contributed by atoms with Gasteiger partial charge in [-0.25, -0.2) is 14.2 Å². The molecule has 1 amide bonds. The summed E-state index contributed by atoms with van der Waals surface area (Å²) >= 11 is 5.86. The third-order valence-electron chi connectivity index (χ3n) is 3.59. The molecule has 3 rings (SSSR count). The number of carbonyl (C=O) groups is 1. The molecule has 0 aliphatic carbocycles. The lowest BCUT2D eigenvalue weighted by molar-refractivity contribution is -0.118. The number of nitrogens with zero attached hydrogens (tertiary/aromatic N) is 3. The van der Waals surface area contributed by atoms with Gasteiger partial charge >= 0.3 is 5.69 Å². The van der Waals surface area contributed by atoms with E-state index in [1.807, 2.05) is 12.1 Å². The Morgan fingerprint density at radius 1 is 1.21 bits per heavy atom. The number of hydrogen-bond donors (Lipinski definition) is 2. The fourth-order valence-electron chi connectivity index (χ4n) is 2.37. The molecule has 0 atom stereocenters. The summed E-state index contributed by atoms with van der Waals surface area (Å²) in [7, 11) is 0. The number of carbonyl (C=O) groups excluding carboxylic acids is 1. The van der Waals surface area contributed by atoms with E-state index in [0.717, 1.165) is 5.56 Å². The largest absolute Gasteiger partial charge is 0.387 e. The zero-order valence-electron chi connectivity index (χ0n) is 12.6. The zero-order chi connectivity index (χ0) is 17.1. The molecule has 0 fully saturated rings. The summed E-state index contributed by atoms with van der Waals surface area (Å²) in [6.45, 7) is -0.215. The maximum atomic E-state index is 12.6. The first kappa shape index (κ1) is 16.2. The van der Waals surface area contributed by atoms with E-state index >= 15 is 0 Å². The fourth-order valence-corrected chi connectivity index (χ4v) is 2.49. The van der Waals surface area contributed by atoms with Gasteiger partial charge in [-0.05, 0) is 36.2 Å². The minimum Gasteiger partial charge on any atom is -0.387 e. The number of anilines is 1. The number of nitrogens with one attached hydrogen (secondary N) is 1. The predicted octanol–water partition coefficient (Wildman–Crippen LogP) is 1.32. The van der Waals surface area contributed by atoms with E-state index in [-0.39, 0.29) is 11.5 Å². The molecule has 2 N–H and O–H groups in total. The van der Waals surface area contributed by atoms with E-state index in [4.69, 9.17) is 16.7 Å². The fraction of sp³-hybridized carbons (Fsp3) is 0.188. The molecule has 0 saturated heterocycles. The van der Waals surface area contributed by atoms with Crippen LogP contribution in [0.15, 0.2) is 47.5 Å². The molecule has 0 bridgehead atoms. The lowest BCUT2D eigenvalue weighted by Gasteiger charge is -2.08. The Kier molecular flexibility index (Phi) is 4.64. The molecule has 124 valence electrons. The average Bonchev–Trinajstić information content (AvgIpc) is 2.99. The summed E-state index contributed by atoms with van der Waals surface area (Å²) in [5, 5.41) is 12.0. The highest BCUT2D eigenvalue weighted by molar-refractivity contribution is 6.30. The number of halogens is 1. The SMILES string of the molecule is O=C(CO)Nc1ccc2ncn(CCc3ccc(Cl)cc3)c(=O)n12. The molecular weight excluding hydrogens is 332 g/mol. The number of amides is 1. The van der Waals surface area contributed by atoms with Crippen molar-refractivity contribution in [2.45, 2.75) is 13.0 Å². The second-order valence-electron chi connectivity index (χ2n) is 5.22. The van der Waals surface area contributed by atoms with Gasteiger partial charge in [0.25, 0.3) is 5.91 Å². The van der Waals surface area contributed by atoms with Gasteiger partial charge in [0.1, 0.15) is 24.4 Å². The number of benzene rings is 1. The van der Waals surface area contributed by atoms with E-state index in [1.165, 1.54) is 15.3 Å². The Morgan fingerprint density at radius 2 is 1.96 bits per heavy atom. The summed E-state index contributed by atoms with van der Waals surface area (Å²) in [5.74, 6) is -0.312. The number of rotatable bonds is 5. The molecule has 8 heteroatoms. The van der Waals surface area contributed by atoms with Gasteiger partial charge in [-0.2, -0.15) is 0 Å². The summed E-state index contributed by atoms with van der Waals surface area (Å²) in [6, 6.07) is 10.6. The summed E-state index contributed by atoms with van der Waals surface area (Å²) in [4.78, 5) is 28.2. The van der Waals surface area contributed by atoms with Crippen LogP contribution in [0.3, 0.4) is 0 Å². The quantitative estimate of drug-likeness (QED) is 0.729. The molecule has 24 heavy (non-hydrogen) atoms. The normalized spacial score (nSPS) is 10.9. The van der Waals surface area contributed by atoms with Crippen LogP contribution >= 0.6 is 11.6 Å². The minimum atomic E-state index is -0.655. The first-order valence-electron chi connectivity index (χ1n) is 7.30. The van der Waals surface area contributed by atoms with Gasteiger partial charge in [0.15, 0.2) is 0 Å². The summed E-state index contributed by atoms with van der Waals surface area (Å²) in [6.07, 6.45) is 2.12. The van der Waals surface area contributed by atoms with E-state index in [0.29, 0.717) is 23.6 Å². The highest BCUT2D eigenvalue weighted by Gasteiger charge is 2.10. The smallest absolute Gasteiger partial charge is 0.336 e. The van der Waals surface area contributed by atoms with Crippen LogP contribution in [-0.2, 0) is 17.8 Å². The molecule has 0 spiro atoms. The second-order valence-corrected chi connectivity index (χ2v) is 5.65. The van der Waals surface area contributed by atoms with Crippen molar-refractivity contribution in [3.8, 4) is 0 Å². The Morgan fingerprint density at radius 3 is 2.67 bits per heavy atom. The Balaban J connectivity index is 1.87. The molecule has 0 aliphatic rings. The number of hydrogen-bond acceptors (Lipinski definition) is 4. The molecule has 0 aliphatic heterocycles. The van der Waals surface area contributed by atoms with Gasteiger partial charge in [-0.1, -0.05) is 23.7 Å². The van der Waals surface area contributed by atoms with E-state index in [2.05, 4.69) is 10.3 Å². The van der Waals surface area contributed by atoms with Crippen molar-refractivity contribution in [1.29, 1.82) is 0 Å². The molecule has 7 nitrogen and oxygen atoms in total. The van der Waals surface area contributed by atoms with Crippen LogP contribution in [0.4, 0.5) is 5.82 Å². The summed E-state index contributed by atoms with van der Waals surface area (Å²) in [5.41, 5.74) is 1.16. The standard InChI is InChI=1S/C16H15ClN4O3/c17-12-3-1-11(2-4-12)7-8-20-10-18-13-5-6-14(19-15(23)9-22)21(13)16(20)24/h1-6,10,22H,7-9H2,(H,19,23). The van der Waals surface area contributed by atoms with Gasteiger partial charge in [0.05, 0.1) is 0 Å². The third-order valence-corrected chi connectivity index (χ3v) is 3.84. The molecule has 0 saturated carbocycles. The minimum absolute atomic E-state index is 0.280. The first-order valence-corrected chi connectivity index (χ1v) is 7.68. The van der Waals surface area contributed by atoms with Crippen LogP contribution in [0.25, 0.3) is 5.65 Å². The van der Waals surface area contributed by atoms with Crippen molar-refractivity contribution >= 4 is 29.0 Å². The van der Waals surface area contributed by atoms with E-state index < -0.39 is 12.5 Å². The van der Waals surface area contributed by atoms with Crippen molar-refractivity contribution in [3.05, 3.63) is 63.8 Å². The van der Waals surface area contributed by atoms with Gasteiger partial charge < -0.3 is 10.4 Å². The molecule has 0 radical (unpaired) electrons. The second kappa shape index (κ2) is 6.86. The van der Waals surface area contributed by atoms with Crippen LogP contribution in [0.5, 0.6) is 0 Å². The summed E-state index contributed by atoms with van der Waals surface area (Å²) < 4.78 is 2.77. The molecule has 1 aromatic carbocycles. The van der Waals surface area contributed by atoms with E-state index in [1.54, 1.807) is 24.3 Å². The number of aromatic nitrogens is 3. The number of fused-ring (bicyclic) bond motifs is 1. The highest BCUT2D eigenvalue weighted by Crippen LogP contribution is 2.12. The number of aryl methyl sites for hydroxylation is 2. The van der Waals surface area contributed by atoms with Gasteiger partial charge in [-0.15, -0.1) is 0 Å². The third kappa shape index (κ3) is 3.32. The van der Waals surface area contributed by atoms with Crippen LogP contribution in [0, 0.1) is 0 Å². The van der Waals surface area contributed by atoms with Gasteiger partial charge in [-0.3, -0.25) is 9.36 Å². The Bertz CT molecular complexity index is 931. The van der Waals surface area contributed by atoms with Gasteiger partial charge in [0, 0.05) is 11.6 Å². The lowest BCUT2D eigenvalue weighted by atomic mass is 10.1. The lowest BCUT2D eigenvalue weighted by Crippen LogP contribution is -2.29. The Labute approximate surface area is 142 Å². The molecule has 2 heterocycles. The maximum absolute atomic E-state index is 12.6. The van der Waals surface area contributed by atoms with Crippen molar-refractivity contribution in [2.24, 2.45) is 0 Å². The van der Waals surface area contributed by atoms with Crippen LogP contribution in [-0.4, -0.2) is 31.6 Å². The first-order chi connectivity index (χ1) is 11.6. The maximum Gasteiger partial charge on any atom is 0.336 e. The van der Waals surface area contributed by atoms with Crippen molar-refractivity contribution < 1.29 is 9.90 Å². The average molecular weight is 347 g/mol. The van der Waals surface area contributed by atoms with Crippen molar-refractivity contribution in [3.63, 3.8) is 0 Å². The van der Waals surface area contributed by atoms with Crippen LogP contribution in [0.1, 0.15) is 5.56 Å². The van der Waals surface area contributed by atoms with Crippen LogP contribution < -0.4 is 11.0 Å². The van der Waals surface area contributed by atoms with E-state index in [9.17, 15) is 9.59 Å². The van der Waals surface area contributed by atoms with Gasteiger partial charge in [0.2, 0.25) is 0 Å². The van der Waals surface area contributed by atoms with Crippen molar-refractivity contribution in [2.75, 3.05) is 11.9 Å². The number of aliphatic hydroxyl groups excluding tert-OH is 1. The predicted molar refractivity (Wildman–Crippen MR) is 90.3 cm³/mol. The number of aliphatic hydroxyl groups is 1. The molecular formula is C16H15ClN4O3. The topological polar surface area (TPSA) is 88.6 Å². The highest BCUT2D eigenvalue weighted by atomic mass is 35.5. The Hall–Kier alpha value is -2.64. The molecule has 2 aromatic heterocycles. The van der Waals surface area contributed by atoms with Crippen LogP contribution in [0.2, 0.25) is 5.02 Å². The van der Waals surface area contributed by atoms with Crippen molar-refractivity contribution in [1.82, 2.24) is 14.0 Å².